The second-order valence-corrected chi connectivity index (χ2v) is 23.5. The van der Waals surface area contributed by atoms with Gasteiger partial charge in [-0.25, -0.2) is 0 Å². The van der Waals surface area contributed by atoms with Crippen molar-refractivity contribution in [3.63, 3.8) is 0 Å². The fourth-order valence-corrected chi connectivity index (χ4v) is 18.0. The first-order valence-electron chi connectivity index (χ1n) is 8.51. The average Bonchev–Trinajstić information content (AvgIpc) is 2.60. The number of thioether (sulfide) groups is 2. The summed E-state index contributed by atoms with van der Waals surface area (Å²) in [6.45, 7) is 9.83. The summed E-state index contributed by atoms with van der Waals surface area (Å²) in [7, 11) is -2.66. The number of benzene rings is 2. The Labute approximate surface area is 175 Å². The molecule has 0 heterocycles. The molecule has 0 aliphatic heterocycles. The predicted molar refractivity (Wildman–Crippen MR) is 116 cm³/mol. The molecule has 0 bridgehead atoms. The Morgan fingerprint density at radius 1 is 0.680 bits per heavy atom. The van der Waals surface area contributed by atoms with Gasteiger partial charge >= 0.3 is 177 Å². The molecule has 0 amide bonds. The monoisotopic (exact) mass is 482 g/mol. The van der Waals surface area contributed by atoms with Crippen molar-refractivity contribution in [3.05, 3.63) is 60.7 Å². The fourth-order valence-electron chi connectivity index (χ4n) is 2.00. The van der Waals surface area contributed by atoms with Gasteiger partial charge in [-0.1, -0.05) is 0 Å². The standard InChI is InChI=1S/2C9H14NSSi.Zr/c2*1-12(2,10)8-11-9-6-4-3-5-7-9;/h2*3-7,10H,8H2,1-2H3;/q2*-1;+2. The second-order valence-electron chi connectivity index (χ2n) is 7.35. The van der Waals surface area contributed by atoms with Gasteiger partial charge in [-0.3, -0.25) is 0 Å². The van der Waals surface area contributed by atoms with Crippen LogP contribution in [0.15, 0.2) is 70.5 Å². The Bertz CT molecular complexity index is 572. The van der Waals surface area contributed by atoms with E-state index in [0.717, 1.165) is 0 Å². The molecule has 0 atom stereocenters. The van der Waals surface area contributed by atoms with Gasteiger partial charge in [0.1, 0.15) is 0 Å². The maximum absolute atomic E-state index is 3.99. The molecule has 0 spiro atoms. The van der Waals surface area contributed by atoms with Crippen LogP contribution >= 0.6 is 23.5 Å². The Kier molecular flexibility index (Phi) is 9.23. The van der Waals surface area contributed by atoms with Crippen LogP contribution in [0.2, 0.25) is 26.2 Å². The van der Waals surface area contributed by atoms with E-state index in [1.54, 1.807) is 0 Å². The zero-order valence-corrected chi connectivity index (χ0v) is 21.6. The molecule has 2 rings (SSSR count). The zero-order valence-electron chi connectivity index (χ0n) is 15.5. The van der Waals surface area contributed by atoms with Gasteiger partial charge in [0.05, 0.1) is 0 Å². The quantitative estimate of drug-likeness (QED) is 0.360. The van der Waals surface area contributed by atoms with E-state index in [-0.39, 0.29) is 0 Å². The van der Waals surface area contributed by atoms with Gasteiger partial charge in [0.2, 0.25) is 0 Å². The van der Waals surface area contributed by atoms with Crippen LogP contribution in [0.4, 0.5) is 0 Å². The van der Waals surface area contributed by atoms with E-state index in [2.05, 4.69) is 92.7 Å². The van der Waals surface area contributed by atoms with Crippen LogP contribution in [0, 0.1) is 0 Å². The molecule has 0 saturated carbocycles. The molecule has 0 aliphatic rings. The molecular weight excluding hydrogens is 456 g/mol. The topological polar surface area (TPSA) is 24.1 Å². The summed E-state index contributed by atoms with van der Waals surface area (Å²) in [5, 5.41) is 2.47. The summed E-state index contributed by atoms with van der Waals surface area (Å²) in [5.41, 5.74) is 0. The third kappa shape index (κ3) is 9.22. The molecule has 2 aromatic rings. The molecule has 25 heavy (non-hydrogen) atoms. The SMILES string of the molecule is C[Si](C)(CSc1ccccc1)[NH][Zr][NH][Si](C)(C)CSc1ccccc1. The Balaban J connectivity index is 1.70. The van der Waals surface area contributed by atoms with Crippen LogP contribution in [-0.2, 0) is 23.8 Å². The van der Waals surface area contributed by atoms with Gasteiger partial charge < -0.3 is 0 Å². The molecule has 7 heteroatoms. The van der Waals surface area contributed by atoms with Crippen molar-refractivity contribution in [2.45, 2.75) is 36.0 Å². The Morgan fingerprint density at radius 2 is 1.04 bits per heavy atom. The molecule has 0 saturated heterocycles. The number of hydrogen-bond donors (Lipinski definition) is 2. The van der Waals surface area contributed by atoms with Crippen LogP contribution in [0.3, 0.4) is 0 Å². The number of nitrogens with one attached hydrogen (secondary N) is 2. The Hall–Kier alpha value is 0.377. The molecule has 2 N–H and O–H groups in total. The average molecular weight is 484 g/mol. The van der Waals surface area contributed by atoms with Gasteiger partial charge in [-0.05, 0) is 0 Å². The molecule has 2 aromatic carbocycles. The molecule has 0 fully saturated rings. The van der Waals surface area contributed by atoms with E-state index in [0.29, 0.717) is 0 Å². The van der Waals surface area contributed by atoms with Crippen molar-refractivity contribution in [2.75, 3.05) is 10.8 Å². The normalized spacial score (nSPS) is 12.2. The van der Waals surface area contributed by atoms with Crippen LogP contribution in [0.25, 0.3) is 0 Å². The van der Waals surface area contributed by atoms with Gasteiger partial charge in [-0.15, -0.1) is 0 Å². The van der Waals surface area contributed by atoms with Crippen LogP contribution in [0.1, 0.15) is 0 Å². The maximum atomic E-state index is 3.99. The number of hydrogen-bond acceptors (Lipinski definition) is 4. The molecule has 0 aliphatic carbocycles. The fraction of sp³-hybridized carbons (Fsp3) is 0.333. The van der Waals surface area contributed by atoms with Gasteiger partial charge in [0.25, 0.3) is 0 Å². The Morgan fingerprint density at radius 3 is 1.40 bits per heavy atom. The van der Waals surface area contributed by atoms with Crippen LogP contribution in [0.5, 0.6) is 0 Å². The van der Waals surface area contributed by atoms with E-state index in [4.69, 9.17) is 0 Å². The molecule has 134 valence electrons. The predicted octanol–water partition coefficient (Wildman–Crippen LogP) is 5.15. The second kappa shape index (κ2) is 10.6. The molecule has 0 radical (unpaired) electrons. The van der Waals surface area contributed by atoms with Crippen LogP contribution < -0.4 is 5.85 Å². The minimum atomic E-state index is -1.33. The first-order chi connectivity index (χ1) is 11.9. The van der Waals surface area contributed by atoms with Gasteiger partial charge in [-0.2, -0.15) is 0 Å². The molecular formula is C18H28N2S2Si2Zr. The molecule has 2 nitrogen and oxygen atoms in total. The first-order valence-corrected chi connectivity index (χ1v) is 19.4. The van der Waals surface area contributed by atoms with E-state index in [1.165, 1.54) is 20.5 Å². The van der Waals surface area contributed by atoms with Crippen molar-refractivity contribution in [1.82, 2.24) is 5.85 Å². The van der Waals surface area contributed by atoms with Gasteiger partial charge in [0, 0.05) is 0 Å². The van der Waals surface area contributed by atoms with Crippen molar-refractivity contribution in [2.24, 2.45) is 0 Å². The number of rotatable bonds is 10. The van der Waals surface area contributed by atoms with Crippen molar-refractivity contribution in [3.8, 4) is 0 Å². The van der Waals surface area contributed by atoms with Crippen molar-refractivity contribution >= 4 is 40.0 Å². The van der Waals surface area contributed by atoms with E-state index in [9.17, 15) is 0 Å². The third-order valence-electron chi connectivity index (χ3n) is 3.49. The summed E-state index contributed by atoms with van der Waals surface area (Å²) in [6.07, 6.45) is 0. The zero-order chi connectivity index (χ0) is 18.2. The van der Waals surface area contributed by atoms with Crippen LogP contribution in [-0.4, -0.2) is 27.2 Å². The van der Waals surface area contributed by atoms with Gasteiger partial charge in [0.15, 0.2) is 0 Å². The van der Waals surface area contributed by atoms with E-state index >= 15 is 0 Å². The van der Waals surface area contributed by atoms with Crippen molar-refractivity contribution in [1.29, 1.82) is 0 Å². The molecule has 0 unspecified atom stereocenters. The third-order valence-corrected chi connectivity index (χ3v) is 25.1. The van der Waals surface area contributed by atoms with E-state index in [1.807, 2.05) is 23.5 Å². The van der Waals surface area contributed by atoms with Crippen molar-refractivity contribution < 1.29 is 23.8 Å². The first kappa shape index (κ1) is 21.7. The summed E-state index contributed by atoms with van der Waals surface area (Å²) in [4.78, 5) is 2.77. The summed E-state index contributed by atoms with van der Waals surface area (Å²) in [5.74, 6) is 0. The van der Waals surface area contributed by atoms with E-state index < -0.39 is 40.3 Å². The summed E-state index contributed by atoms with van der Waals surface area (Å²) >= 11 is 3.30. The minimum absolute atomic E-state index is 0.699. The molecule has 0 aromatic heterocycles. The summed E-state index contributed by atoms with van der Waals surface area (Å²) in [6, 6.07) is 21.5. The summed E-state index contributed by atoms with van der Waals surface area (Å²) < 4.78 is 7.97.